The van der Waals surface area contributed by atoms with Crippen molar-refractivity contribution in [3.05, 3.63) is 53.1 Å². The highest BCUT2D eigenvalue weighted by molar-refractivity contribution is 6.31. The Balaban J connectivity index is 1.51. The van der Waals surface area contributed by atoms with E-state index in [0.717, 1.165) is 43.1 Å². The monoisotopic (exact) mass is 469 g/mol. The summed E-state index contributed by atoms with van der Waals surface area (Å²) in [7, 11) is 2.03. The van der Waals surface area contributed by atoms with E-state index in [-0.39, 0.29) is 12.0 Å². The Bertz CT molecular complexity index is 1070. The number of benzene rings is 2. The van der Waals surface area contributed by atoms with Crippen molar-refractivity contribution < 1.29 is 19.4 Å². The Morgan fingerprint density at radius 2 is 1.94 bits per heavy atom. The molecule has 7 nitrogen and oxygen atoms in total. The van der Waals surface area contributed by atoms with Gasteiger partial charge in [-0.3, -0.25) is 9.69 Å². The van der Waals surface area contributed by atoms with Crippen molar-refractivity contribution in [2.24, 2.45) is 16.8 Å². The maximum atomic E-state index is 12.4. The van der Waals surface area contributed by atoms with Crippen LogP contribution in [-0.2, 0) is 9.53 Å². The maximum Gasteiger partial charge on any atom is 0.308 e. The Hall–Kier alpha value is -2.61. The van der Waals surface area contributed by atoms with Crippen molar-refractivity contribution in [2.75, 3.05) is 39.9 Å². The fraction of sp³-hybridized carbons (Fsp3) is 0.440. The van der Waals surface area contributed by atoms with Crippen molar-refractivity contribution in [3.63, 3.8) is 0 Å². The molecule has 0 bridgehead atoms. The second kappa shape index (κ2) is 9.33. The first-order valence-corrected chi connectivity index (χ1v) is 11.8. The molecule has 0 aromatic heterocycles. The Kier molecular flexibility index (Phi) is 6.27. The highest BCUT2D eigenvalue weighted by Gasteiger charge is 2.41. The molecule has 174 valence electrons. The van der Waals surface area contributed by atoms with Gasteiger partial charge < -0.3 is 19.5 Å². The first-order valence-electron chi connectivity index (χ1n) is 11.4. The molecule has 2 aromatic carbocycles. The molecule has 1 N–H and O–H groups in total. The summed E-state index contributed by atoms with van der Waals surface area (Å²) in [5.41, 5.74) is 1.56. The van der Waals surface area contributed by atoms with Crippen LogP contribution in [0.15, 0.2) is 47.5 Å². The predicted octanol–water partition coefficient (Wildman–Crippen LogP) is 4.27. The number of carboxylic acids is 1. The van der Waals surface area contributed by atoms with Crippen LogP contribution in [0.2, 0.25) is 5.02 Å². The largest absolute Gasteiger partial charge is 0.481 e. The van der Waals surface area contributed by atoms with Gasteiger partial charge in [-0.1, -0.05) is 23.7 Å². The maximum absolute atomic E-state index is 12.4. The topological polar surface area (TPSA) is 74.6 Å². The van der Waals surface area contributed by atoms with Gasteiger partial charge in [-0.05, 0) is 56.1 Å². The van der Waals surface area contributed by atoms with Gasteiger partial charge in [-0.15, -0.1) is 0 Å². The van der Waals surface area contributed by atoms with Crippen LogP contribution in [0.4, 0.5) is 5.69 Å². The molecule has 3 aliphatic rings. The van der Waals surface area contributed by atoms with Crippen molar-refractivity contribution in [1.82, 2.24) is 9.80 Å². The van der Waals surface area contributed by atoms with Crippen LogP contribution in [0, 0.1) is 11.8 Å². The van der Waals surface area contributed by atoms with Gasteiger partial charge in [0, 0.05) is 43.9 Å². The number of fused-ring (bicyclic) bond motifs is 2. The number of amidine groups is 1. The van der Waals surface area contributed by atoms with E-state index in [0.29, 0.717) is 36.2 Å². The molecule has 2 aromatic rings. The van der Waals surface area contributed by atoms with Gasteiger partial charge in [0.15, 0.2) is 5.75 Å². The molecule has 0 aliphatic carbocycles. The molecule has 1 unspecified atom stereocenters. The number of nitrogens with zero attached hydrogens (tertiary/aromatic N) is 3. The van der Waals surface area contributed by atoms with Crippen LogP contribution >= 0.6 is 11.6 Å². The predicted molar refractivity (Wildman–Crippen MR) is 127 cm³/mol. The number of likely N-dealkylation sites (N-methyl/N-ethyl adjacent to an activating group) is 1. The van der Waals surface area contributed by atoms with Crippen molar-refractivity contribution in [3.8, 4) is 11.5 Å². The second-order valence-corrected chi connectivity index (χ2v) is 9.39. The molecule has 2 fully saturated rings. The van der Waals surface area contributed by atoms with Crippen LogP contribution in [0.3, 0.4) is 0 Å². The van der Waals surface area contributed by atoms with Crippen LogP contribution in [-0.4, -0.2) is 72.6 Å². The highest BCUT2D eigenvalue weighted by atomic mass is 35.5. The Morgan fingerprint density at radius 1 is 1.15 bits per heavy atom. The first-order chi connectivity index (χ1) is 16.0. The molecule has 33 heavy (non-hydrogen) atoms. The summed E-state index contributed by atoms with van der Waals surface area (Å²) in [5, 5.41) is 10.8. The van der Waals surface area contributed by atoms with E-state index in [1.165, 1.54) is 0 Å². The molecule has 0 saturated carbocycles. The van der Waals surface area contributed by atoms with Gasteiger partial charge in [-0.25, -0.2) is 4.99 Å². The van der Waals surface area contributed by atoms with Gasteiger partial charge in [0.2, 0.25) is 0 Å². The number of piperazine rings is 1. The molecule has 0 amide bonds. The van der Waals surface area contributed by atoms with Crippen LogP contribution < -0.4 is 4.74 Å². The van der Waals surface area contributed by atoms with Gasteiger partial charge in [0.1, 0.15) is 17.3 Å². The van der Waals surface area contributed by atoms with Crippen LogP contribution in [0.1, 0.15) is 18.4 Å². The lowest BCUT2D eigenvalue weighted by molar-refractivity contribution is -0.149. The fourth-order valence-corrected chi connectivity index (χ4v) is 5.34. The van der Waals surface area contributed by atoms with E-state index in [9.17, 15) is 9.90 Å². The Labute approximate surface area is 198 Å². The third kappa shape index (κ3) is 4.45. The zero-order valence-corrected chi connectivity index (χ0v) is 19.4. The van der Waals surface area contributed by atoms with Gasteiger partial charge in [-0.2, -0.15) is 0 Å². The number of rotatable bonds is 3. The molecule has 5 rings (SSSR count). The van der Waals surface area contributed by atoms with Gasteiger partial charge >= 0.3 is 5.97 Å². The highest BCUT2D eigenvalue weighted by Crippen LogP contribution is 2.40. The average Bonchev–Trinajstić information content (AvgIpc) is 2.97. The van der Waals surface area contributed by atoms with E-state index < -0.39 is 11.9 Å². The van der Waals surface area contributed by atoms with E-state index >= 15 is 0 Å². The van der Waals surface area contributed by atoms with Crippen molar-refractivity contribution in [1.29, 1.82) is 0 Å². The van der Waals surface area contributed by atoms with Gasteiger partial charge in [0.05, 0.1) is 11.5 Å². The third-order valence-electron chi connectivity index (χ3n) is 6.96. The number of carbonyl (C=O) groups is 1. The smallest absolute Gasteiger partial charge is 0.308 e. The van der Waals surface area contributed by atoms with E-state index in [1.807, 2.05) is 37.4 Å². The van der Waals surface area contributed by atoms with E-state index in [4.69, 9.17) is 26.1 Å². The SMILES string of the molecule is CN1CCN(C2=Nc3cc(Cl)ccc3Oc3ccccc32)CC1[C@@H](C(=O)O)C1CCOCC1. The zero-order chi connectivity index (χ0) is 22.9. The van der Waals surface area contributed by atoms with Crippen LogP contribution in [0.25, 0.3) is 0 Å². The minimum atomic E-state index is -0.732. The number of aliphatic carboxylic acids is 1. The molecule has 3 aliphatic heterocycles. The lowest BCUT2D eigenvalue weighted by atomic mass is 9.79. The zero-order valence-electron chi connectivity index (χ0n) is 18.6. The number of halogens is 1. The quantitative estimate of drug-likeness (QED) is 0.723. The van der Waals surface area contributed by atoms with Crippen LogP contribution in [0.5, 0.6) is 11.5 Å². The summed E-state index contributed by atoms with van der Waals surface area (Å²) in [4.78, 5) is 21.8. The number of aliphatic imine (C=N–C) groups is 1. The molecule has 8 heteroatoms. The van der Waals surface area contributed by atoms with Crippen molar-refractivity contribution >= 4 is 29.1 Å². The lowest BCUT2D eigenvalue weighted by Crippen LogP contribution is -2.58. The molecular weight excluding hydrogens is 442 g/mol. The summed E-state index contributed by atoms with van der Waals surface area (Å²) in [5.74, 6) is 1.09. The summed E-state index contributed by atoms with van der Waals surface area (Å²) in [6.45, 7) is 3.33. The average molecular weight is 470 g/mol. The standard InChI is InChI=1S/C25H28ClN3O4/c1-28-10-11-29(15-20(28)23(25(30)31)16-8-12-32-13-9-16)24-18-4-2-3-5-21(18)33-22-7-6-17(26)14-19(22)27-24/h2-7,14,16,20,23H,8-13,15H2,1H3,(H,30,31)/t20?,23-/m0/s1. The minimum Gasteiger partial charge on any atom is -0.481 e. The summed E-state index contributed by atoms with van der Waals surface area (Å²) < 4.78 is 11.7. The normalized spacial score (nSPS) is 22.4. The molecule has 0 radical (unpaired) electrons. The summed E-state index contributed by atoms with van der Waals surface area (Å²) >= 11 is 6.26. The number of hydrogen-bond acceptors (Lipinski definition) is 6. The summed E-state index contributed by atoms with van der Waals surface area (Å²) in [6.07, 6.45) is 1.57. The Morgan fingerprint density at radius 3 is 2.73 bits per heavy atom. The third-order valence-corrected chi connectivity index (χ3v) is 7.20. The minimum absolute atomic E-state index is 0.106. The fourth-order valence-electron chi connectivity index (χ4n) is 5.17. The van der Waals surface area contributed by atoms with E-state index in [2.05, 4.69) is 9.80 Å². The molecule has 2 saturated heterocycles. The lowest BCUT2D eigenvalue weighted by Gasteiger charge is -2.45. The number of hydrogen-bond donors (Lipinski definition) is 1. The molecule has 3 heterocycles. The molecule has 0 spiro atoms. The molecule has 2 atom stereocenters. The number of carboxylic acid groups (broad SMARTS) is 1. The van der Waals surface area contributed by atoms with Crippen molar-refractivity contribution in [2.45, 2.75) is 18.9 Å². The molecular formula is C25H28ClN3O4. The summed E-state index contributed by atoms with van der Waals surface area (Å²) in [6, 6.07) is 13.1. The second-order valence-electron chi connectivity index (χ2n) is 8.95. The van der Waals surface area contributed by atoms with E-state index in [1.54, 1.807) is 12.1 Å². The first kappa shape index (κ1) is 22.2. The van der Waals surface area contributed by atoms with Gasteiger partial charge in [0.25, 0.3) is 0 Å². The number of ether oxygens (including phenoxy) is 2. The number of para-hydroxylation sites is 1.